The van der Waals surface area contributed by atoms with Gasteiger partial charge in [0.15, 0.2) is 6.61 Å². The van der Waals surface area contributed by atoms with E-state index in [1.807, 2.05) is 0 Å². The van der Waals surface area contributed by atoms with Gasteiger partial charge in [0.2, 0.25) is 0 Å². The summed E-state index contributed by atoms with van der Waals surface area (Å²) in [5, 5.41) is 10.3. The van der Waals surface area contributed by atoms with Crippen LogP contribution in [0.2, 0.25) is 0 Å². The first kappa shape index (κ1) is 24.0. The van der Waals surface area contributed by atoms with Crippen LogP contribution in [0.25, 0.3) is 11.3 Å². The number of anilines is 1. The number of aliphatic hydroxyl groups is 1. The van der Waals surface area contributed by atoms with E-state index in [9.17, 15) is 36.2 Å². The molecule has 1 amide bonds. The summed E-state index contributed by atoms with van der Waals surface area (Å²) in [7, 11) is 0. The van der Waals surface area contributed by atoms with Gasteiger partial charge in [-0.05, 0) is 24.3 Å². The number of amides is 1. The van der Waals surface area contributed by atoms with Crippen LogP contribution >= 0.6 is 0 Å². The molecule has 12 heteroatoms. The second-order valence-corrected chi connectivity index (χ2v) is 8.76. The van der Waals surface area contributed by atoms with Crippen molar-refractivity contribution in [2.75, 3.05) is 11.5 Å². The monoisotopic (exact) mass is 509 g/mol. The number of hydrogen-bond acceptors (Lipinski definition) is 5. The van der Waals surface area contributed by atoms with E-state index < -0.39 is 48.9 Å². The summed E-state index contributed by atoms with van der Waals surface area (Å²) in [6, 6.07) is 6.33. The van der Waals surface area contributed by atoms with Crippen molar-refractivity contribution in [3.8, 4) is 17.0 Å². The molecular weight excluding hydrogens is 492 g/mol. The summed E-state index contributed by atoms with van der Waals surface area (Å²) >= 11 is 0. The third kappa shape index (κ3) is 4.25. The third-order valence-electron chi connectivity index (χ3n) is 6.15. The van der Waals surface area contributed by atoms with Crippen LogP contribution in [0.5, 0.6) is 5.75 Å². The summed E-state index contributed by atoms with van der Waals surface area (Å²) in [6.07, 6.45) is -2.61. The molecule has 5 rings (SSSR count). The number of carbonyl (C=O) groups is 1. The van der Waals surface area contributed by atoms with E-state index in [0.29, 0.717) is 5.56 Å². The van der Waals surface area contributed by atoms with Crippen LogP contribution in [0, 0.1) is 5.82 Å². The van der Waals surface area contributed by atoms with Crippen LogP contribution in [0.4, 0.5) is 32.0 Å². The number of rotatable bonds is 5. The summed E-state index contributed by atoms with van der Waals surface area (Å²) < 4.78 is 84.4. The molecule has 0 spiro atoms. The maximum atomic E-state index is 14.8. The van der Waals surface area contributed by atoms with Gasteiger partial charge in [-0.1, -0.05) is 6.07 Å². The topological polar surface area (TPSA) is 75.5 Å². The molecule has 2 aromatic heterocycles. The molecule has 6 nitrogen and oxygen atoms in total. The fourth-order valence-electron chi connectivity index (χ4n) is 4.56. The Bertz CT molecular complexity index is 1350. The van der Waals surface area contributed by atoms with Crippen molar-refractivity contribution < 1.29 is 41.0 Å². The Labute approximate surface area is 200 Å². The Morgan fingerprint density at radius 1 is 1.08 bits per heavy atom. The minimum atomic E-state index is -4.58. The highest BCUT2D eigenvalue weighted by molar-refractivity contribution is 6.11. The minimum Gasteiger partial charge on any atom is -0.482 e. The fourth-order valence-corrected chi connectivity index (χ4v) is 4.56. The number of ether oxygens (including phenoxy) is 1. The first-order chi connectivity index (χ1) is 16.9. The number of pyridine rings is 2. The van der Waals surface area contributed by atoms with Gasteiger partial charge in [0.1, 0.15) is 17.2 Å². The van der Waals surface area contributed by atoms with Crippen LogP contribution in [-0.2, 0) is 12.1 Å². The predicted molar refractivity (Wildman–Crippen MR) is 114 cm³/mol. The SMILES string of the molecule is O=C1c2ccnc(-c3ccncc3OCC(F)(F)F)c2CN1c1ccc(C2(O)CC(F)(F)C2)c(F)c1. The molecule has 0 bridgehead atoms. The molecule has 188 valence electrons. The Morgan fingerprint density at radius 2 is 1.81 bits per heavy atom. The van der Waals surface area contributed by atoms with Gasteiger partial charge in [0.05, 0.1) is 18.4 Å². The number of aromatic nitrogens is 2. The largest absolute Gasteiger partial charge is 0.482 e. The number of alkyl halides is 5. The molecule has 1 fully saturated rings. The normalized spacial score (nSPS) is 18.1. The average molecular weight is 509 g/mol. The van der Waals surface area contributed by atoms with Crippen molar-refractivity contribution in [1.82, 2.24) is 9.97 Å². The lowest BCUT2D eigenvalue weighted by Gasteiger charge is -2.43. The Balaban J connectivity index is 1.45. The van der Waals surface area contributed by atoms with Gasteiger partial charge in [-0.2, -0.15) is 13.2 Å². The van der Waals surface area contributed by atoms with Gasteiger partial charge < -0.3 is 14.7 Å². The minimum absolute atomic E-state index is 0.0838. The van der Waals surface area contributed by atoms with Crippen LogP contribution in [0.15, 0.2) is 48.9 Å². The van der Waals surface area contributed by atoms with Crippen molar-refractivity contribution in [3.63, 3.8) is 0 Å². The molecule has 36 heavy (non-hydrogen) atoms. The lowest BCUT2D eigenvalue weighted by atomic mass is 9.72. The molecule has 1 aliphatic carbocycles. The van der Waals surface area contributed by atoms with Crippen molar-refractivity contribution in [1.29, 1.82) is 0 Å². The molecule has 2 aliphatic rings. The second kappa shape index (κ2) is 8.19. The average Bonchev–Trinajstić information content (AvgIpc) is 3.12. The van der Waals surface area contributed by atoms with Crippen LogP contribution in [0.1, 0.15) is 34.3 Å². The number of carbonyl (C=O) groups excluding carboxylic acids is 1. The molecule has 0 unspecified atom stereocenters. The van der Waals surface area contributed by atoms with Crippen LogP contribution in [-0.4, -0.2) is 39.7 Å². The van der Waals surface area contributed by atoms with Crippen LogP contribution in [0.3, 0.4) is 0 Å². The van der Waals surface area contributed by atoms with Crippen LogP contribution < -0.4 is 9.64 Å². The van der Waals surface area contributed by atoms with Gasteiger partial charge in [-0.3, -0.25) is 14.8 Å². The molecule has 3 aromatic rings. The molecular formula is C24H17F6N3O3. The molecule has 1 aromatic carbocycles. The van der Waals surface area contributed by atoms with E-state index in [4.69, 9.17) is 4.74 Å². The molecule has 0 radical (unpaired) electrons. The predicted octanol–water partition coefficient (Wildman–Crippen LogP) is 5.00. The lowest BCUT2D eigenvalue weighted by Crippen LogP contribution is -2.49. The van der Waals surface area contributed by atoms with Crippen molar-refractivity contribution in [2.45, 2.75) is 37.1 Å². The van der Waals surface area contributed by atoms with Crippen molar-refractivity contribution >= 4 is 11.6 Å². The van der Waals surface area contributed by atoms with Gasteiger partial charge in [-0.25, -0.2) is 13.2 Å². The van der Waals surface area contributed by atoms with E-state index in [2.05, 4.69) is 9.97 Å². The zero-order valence-electron chi connectivity index (χ0n) is 18.3. The Morgan fingerprint density at radius 3 is 2.47 bits per heavy atom. The summed E-state index contributed by atoms with van der Waals surface area (Å²) in [5.74, 6) is -4.71. The molecule has 1 saturated carbocycles. The Hall–Kier alpha value is -3.67. The van der Waals surface area contributed by atoms with Crippen molar-refractivity contribution in [3.05, 3.63) is 71.4 Å². The highest BCUT2D eigenvalue weighted by Crippen LogP contribution is 2.52. The molecule has 0 atom stereocenters. The number of fused-ring (bicyclic) bond motifs is 1. The third-order valence-corrected chi connectivity index (χ3v) is 6.15. The zero-order chi connectivity index (χ0) is 25.9. The maximum absolute atomic E-state index is 14.8. The zero-order valence-corrected chi connectivity index (χ0v) is 18.3. The molecule has 1 N–H and O–H groups in total. The van der Waals surface area contributed by atoms with E-state index >= 15 is 0 Å². The van der Waals surface area contributed by atoms with Gasteiger partial charge >= 0.3 is 6.18 Å². The molecule has 3 heterocycles. The summed E-state index contributed by atoms with van der Waals surface area (Å²) in [6.45, 7) is -1.63. The smallest absolute Gasteiger partial charge is 0.422 e. The standard InChI is InChI=1S/C24H17F6N3O3/c25-18-7-13(1-2-17(18)22(35)10-23(26,27)11-22)33-9-16-14(21(33)34)4-6-32-20(16)15-3-5-31-8-19(15)36-12-24(28,29)30/h1-8,35H,9-12H2. The van der Waals surface area contributed by atoms with E-state index in [1.165, 1.54) is 41.6 Å². The number of hydrogen-bond donors (Lipinski definition) is 1. The second-order valence-electron chi connectivity index (χ2n) is 8.76. The highest BCUT2D eigenvalue weighted by atomic mass is 19.4. The molecule has 1 aliphatic heterocycles. The summed E-state index contributed by atoms with van der Waals surface area (Å²) in [4.78, 5) is 22.4. The highest BCUT2D eigenvalue weighted by Gasteiger charge is 2.57. The first-order valence-electron chi connectivity index (χ1n) is 10.7. The quantitative estimate of drug-likeness (QED) is 0.490. The van der Waals surface area contributed by atoms with Crippen molar-refractivity contribution in [2.24, 2.45) is 0 Å². The number of halogens is 6. The van der Waals surface area contributed by atoms with Gasteiger partial charge in [-0.15, -0.1) is 0 Å². The maximum Gasteiger partial charge on any atom is 0.422 e. The summed E-state index contributed by atoms with van der Waals surface area (Å²) in [5.41, 5.74) is -1.18. The first-order valence-corrected chi connectivity index (χ1v) is 10.7. The lowest BCUT2D eigenvalue weighted by molar-refractivity contribution is -0.211. The number of benzene rings is 1. The fraction of sp³-hybridized carbons (Fsp3) is 0.292. The van der Waals surface area contributed by atoms with E-state index in [0.717, 1.165) is 12.3 Å². The molecule has 0 saturated heterocycles. The van der Waals surface area contributed by atoms with E-state index in [-0.39, 0.29) is 40.4 Å². The van der Waals surface area contributed by atoms with E-state index in [1.54, 1.807) is 0 Å². The van der Waals surface area contributed by atoms with Gasteiger partial charge in [0.25, 0.3) is 11.8 Å². The Kier molecular flexibility index (Phi) is 5.47. The van der Waals surface area contributed by atoms with Gasteiger partial charge in [0, 0.05) is 53.2 Å². The number of nitrogens with zero attached hydrogens (tertiary/aromatic N) is 3.